The first-order valence-electron chi connectivity index (χ1n) is 11.1. The van der Waals surface area contributed by atoms with E-state index < -0.39 is 17.5 Å². The van der Waals surface area contributed by atoms with Crippen molar-refractivity contribution in [3.63, 3.8) is 0 Å². The Balaban J connectivity index is 1.45. The van der Waals surface area contributed by atoms with Crippen molar-refractivity contribution in [3.8, 4) is 28.4 Å². The van der Waals surface area contributed by atoms with Crippen LogP contribution in [0.5, 0.6) is 17.2 Å². The van der Waals surface area contributed by atoms with Crippen molar-refractivity contribution in [3.05, 3.63) is 72.5 Å². The summed E-state index contributed by atoms with van der Waals surface area (Å²) in [4.78, 5) is 14.6. The number of rotatable bonds is 8. The van der Waals surface area contributed by atoms with Crippen LogP contribution in [0.3, 0.4) is 0 Å². The van der Waals surface area contributed by atoms with Gasteiger partial charge in [0.2, 0.25) is 0 Å². The first kappa shape index (κ1) is 23.6. The van der Waals surface area contributed by atoms with Gasteiger partial charge >= 0.3 is 0 Å². The van der Waals surface area contributed by atoms with E-state index in [1.807, 2.05) is 30.3 Å². The second kappa shape index (κ2) is 9.73. The van der Waals surface area contributed by atoms with Gasteiger partial charge in [-0.15, -0.1) is 0 Å². The molecule has 3 aromatic carbocycles. The van der Waals surface area contributed by atoms with Crippen LogP contribution >= 0.6 is 0 Å². The highest BCUT2D eigenvalue weighted by atomic mass is 19.1. The Morgan fingerprint density at radius 2 is 1.82 bits per heavy atom. The third kappa shape index (κ3) is 5.31. The molecule has 1 heterocycles. The summed E-state index contributed by atoms with van der Waals surface area (Å²) in [5.74, 6) is 0.627. The highest BCUT2D eigenvalue weighted by Crippen LogP contribution is 2.35. The summed E-state index contributed by atoms with van der Waals surface area (Å²) in [7, 11) is 1.52. The molecule has 0 aromatic heterocycles. The SMILES string of the molecule is COc1cc(N2CCC(Oc3ccc(-c4ccccc4)c(F)c3)C2=O)ccc1OCC(C)(C)O. The molecular formula is C27H28FNO5. The molecule has 1 N–H and O–H groups in total. The van der Waals surface area contributed by atoms with Gasteiger partial charge in [-0.05, 0) is 43.7 Å². The number of nitrogens with zero attached hydrogens (tertiary/aromatic N) is 1. The van der Waals surface area contributed by atoms with Crippen LogP contribution in [0.15, 0.2) is 66.7 Å². The Hall–Kier alpha value is -3.58. The van der Waals surface area contributed by atoms with Gasteiger partial charge in [-0.2, -0.15) is 0 Å². The molecule has 1 fully saturated rings. The smallest absolute Gasteiger partial charge is 0.268 e. The van der Waals surface area contributed by atoms with Crippen LogP contribution in [0.25, 0.3) is 11.1 Å². The van der Waals surface area contributed by atoms with E-state index in [1.165, 1.54) is 13.2 Å². The first-order chi connectivity index (χ1) is 16.2. The number of amides is 1. The maximum atomic E-state index is 14.7. The number of hydrogen-bond donors (Lipinski definition) is 1. The van der Waals surface area contributed by atoms with Gasteiger partial charge in [0.1, 0.15) is 18.2 Å². The summed E-state index contributed by atoms with van der Waals surface area (Å²) in [6.45, 7) is 3.86. The normalized spacial score (nSPS) is 16.0. The summed E-state index contributed by atoms with van der Waals surface area (Å²) in [6.07, 6.45) is -0.237. The van der Waals surface area contributed by atoms with Gasteiger partial charge in [-0.3, -0.25) is 4.79 Å². The molecule has 6 nitrogen and oxygen atoms in total. The van der Waals surface area contributed by atoms with E-state index in [1.54, 1.807) is 49.1 Å². The van der Waals surface area contributed by atoms with Crippen molar-refractivity contribution in [1.29, 1.82) is 0 Å². The molecule has 0 bridgehead atoms. The van der Waals surface area contributed by atoms with E-state index in [0.717, 1.165) is 5.56 Å². The van der Waals surface area contributed by atoms with Crippen LogP contribution in [0, 0.1) is 5.82 Å². The lowest BCUT2D eigenvalue weighted by Crippen LogP contribution is -2.32. The average Bonchev–Trinajstić information content (AvgIpc) is 3.17. The topological polar surface area (TPSA) is 68.2 Å². The minimum atomic E-state index is -0.988. The van der Waals surface area contributed by atoms with Crippen LogP contribution in [0.2, 0.25) is 0 Å². The predicted molar refractivity (Wildman–Crippen MR) is 128 cm³/mol. The molecular weight excluding hydrogens is 437 g/mol. The Kier molecular flexibility index (Phi) is 6.75. The van der Waals surface area contributed by atoms with E-state index in [0.29, 0.717) is 41.5 Å². The molecule has 178 valence electrons. The Bertz CT molecular complexity index is 1160. The summed E-state index contributed by atoms with van der Waals surface area (Å²) in [5, 5.41) is 9.89. The Labute approximate surface area is 198 Å². The number of carbonyl (C=O) groups excluding carboxylic acids is 1. The van der Waals surface area contributed by atoms with Crippen LogP contribution in [0.1, 0.15) is 20.3 Å². The number of carbonyl (C=O) groups is 1. The van der Waals surface area contributed by atoms with Crippen molar-refractivity contribution in [1.82, 2.24) is 0 Å². The zero-order chi connectivity index (χ0) is 24.3. The van der Waals surface area contributed by atoms with Crippen molar-refractivity contribution in [2.75, 3.05) is 25.2 Å². The monoisotopic (exact) mass is 465 g/mol. The van der Waals surface area contributed by atoms with Gasteiger partial charge in [0.15, 0.2) is 17.6 Å². The van der Waals surface area contributed by atoms with Crippen molar-refractivity contribution >= 4 is 11.6 Å². The Morgan fingerprint density at radius 1 is 1.06 bits per heavy atom. The van der Waals surface area contributed by atoms with E-state index in [4.69, 9.17) is 14.2 Å². The molecule has 34 heavy (non-hydrogen) atoms. The average molecular weight is 466 g/mol. The van der Waals surface area contributed by atoms with E-state index in [-0.39, 0.29) is 12.5 Å². The fraction of sp³-hybridized carbons (Fsp3) is 0.296. The second-order valence-corrected chi connectivity index (χ2v) is 8.83. The lowest BCUT2D eigenvalue weighted by Gasteiger charge is -2.21. The molecule has 0 aliphatic carbocycles. The van der Waals surface area contributed by atoms with Gasteiger partial charge in [-0.25, -0.2) is 4.39 Å². The molecule has 1 aliphatic heterocycles. The van der Waals surface area contributed by atoms with Crippen LogP contribution in [-0.4, -0.2) is 43.0 Å². The van der Waals surface area contributed by atoms with Gasteiger partial charge in [0.05, 0.1) is 12.7 Å². The molecule has 1 saturated heterocycles. The fourth-order valence-electron chi connectivity index (χ4n) is 3.80. The molecule has 1 aliphatic rings. The van der Waals surface area contributed by atoms with Gasteiger partial charge in [0.25, 0.3) is 5.91 Å². The number of benzene rings is 3. The number of anilines is 1. The number of methoxy groups -OCH3 is 1. The second-order valence-electron chi connectivity index (χ2n) is 8.83. The minimum absolute atomic E-state index is 0.0981. The summed E-state index contributed by atoms with van der Waals surface area (Å²) < 4.78 is 31.6. The molecule has 4 rings (SSSR count). The predicted octanol–water partition coefficient (Wildman–Crippen LogP) is 4.84. The lowest BCUT2D eigenvalue weighted by molar-refractivity contribution is -0.122. The van der Waals surface area contributed by atoms with E-state index in [2.05, 4.69) is 0 Å². The van der Waals surface area contributed by atoms with E-state index in [9.17, 15) is 14.3 Å². The van der Waals surface area contributed by atoms with Crippen molar-refractivity contribution in [2.24, 2.45) is 0 Å². The van der Waals surface area contributed by atoms with Gasteiger partial charge < -0.3 is 24.2 Å². The maximum Gasteiger partial charge on any atom is 0.268 e. The summed E-state index contributed by atoms with van der Waals surface area (Å²) >= 11 is 0. The quantitative estimate of drug-likeness (QED) is 0.516. The van der Waals surface area contributed by atoms with Gasteiger partial charge in [-0.1, -0.05) is 30.3 Å². The van der Waals surface area contributed by atoms with Crippen molar-refractivity contribution < 1.29 is 28.5 Å². The van der Waals surface area contributed by atoms with Crippen LogP contribution in [-0.2, 0) is 4.79 Å². The fourth-order valence-corrected chi connectivity index (χ4v) is 3.80. The van der Waals surface area contributed by atoms with E-state index >= 15 is 0 Å². The lowest BCUT2D eigenvalue weighted by atomic mass is 10.1. The van der Waals surface area contributed by atoms with Gasteiger partial charge in [0, 0.05) is 36.3 Å². The molecule has 0 spiro atoms. The van der Waals surface area contributed by atoms with Crippen LogP contribution < -0.4 is 19.1 Å². The summed E-state index contributed by atoms with van der Waals surface area (Å²) in [6, 6.07) is 19.1. The molecule has 0 radical (unpaired) electrons. The summed E-state index contributed by atoms with van der Waals surface area (Å²) in [5.41, 5.74) is 0.914. The highest BCUT2D eigenvalue weighted by Gasteiger charge is 2.35. The zero-order valence-corrected chi connectivity index (χ0v) is 19.5. The van der Waals surface area contributed by atoms with Crippen molar-refractivity contribution in [2.45, 2.75) is 32.0 Å². The third-order valence-corrected chi connectivity index (χ3v) is 5.50. The van der Waals surface area contributed by atoms with Crippen LogP contribution in [0.4, 0.5) is 10.1 Å². The first-order valence-corrected chi connectivity index (χ1v) is 11.1. The standard InChI is InChI=1S/C27H28FNO5/c1-27(2,31)17-33-23-12-9-19(15-25(23)32-3)29-14-13-24(26(29)30)34-20-10-11-21(22(28)16-20)18-7-5-4-6-8-18/h4-12,15-16,24,31H,13-14,17H2,1-3H3. The molecule has 7 heteroatoms. The zero-order valence-electron chi connectivity index (χ0n) is 19.5. The maximum absolute atomic E-state index is 14.7. The number of ether oxygens (including phenoxy) is 3. The molecule has 1 unspecified atom stereocenters. The number of aliphatic hydroxyl groups is 1. The highest BCUT2D eigenvalue weighted by molar-refractivity contribution is 5.99. The number of halogens is 1. The molecule has 0 saturated carbocycles. The third-order valence-electron chi connectivity index (χ3n) is 5.50. The number of hydrogen-bond acceptors (Lipinski definition) is 5. The molecule has 3 aromatic rings. The Morgan fingerprint density at radius 3 is 2.50 bits per heavy atom. The largest absolute Gasteiger partial charge is 0.493 e. The minimum Gasteiger partial charge on any atom is -0.493 e. The molecule has 1 atom stereocenters. The molecule has 1 amide bonds.